The number of hydrogen-bond acceptors (Lipinski definition) is 5. The molecule has 5 rings (SSSR count). The number of amides is 1. The molecule has 0 aliphatic carbocycles. The third-order valence-corrected chi connectivity index (χ3v) is 7.41. The monoisotopic (exact) mass is 440 g/mol. The Morgan fingerprint density at radius 2 is 2.00 bits per heavy atom. The van der Waals surface area contributed by atoms with Crippen LogP contribution in [0.2, 0.25) is 5.02 Å². The van der Waals surface area contributed by atoms with Crippen LogP contribution in [0.15, 0.2) is 36.4 Å². The van der Waals surface area contributed by atoms with Gasteiger partial charge in [0.1, 0.15) is 5.82 Å². The molecule has 1 atom stereocenters. The summed E-state index contributed by atoms with van der Waals surface area (Å²) in [6.07, 6.45) is 1.47. The van der Waals surface area contributed by atoms with Gasteiger partial charge < -0.3 is 10.2 Å². The van der Waals surface area contributed by atoms with Gasteiger partial charge in [-0.05, 0) is 53.2 Å². The van der Waals surface area contributed by atoms with Crippen molar-refractivity contribution in [2.45, 2.75) is 25.7 Å². The number of carbonyl (C=O) groups excluding carboxylic acids is 1. The van der Waals surface area contributed by atoms with E-state index in [0.717, 1.165) is 55.7 Å². The number of piperazine rings is 1. The Bertz CT molecular complexity index is 1090. The van der Waals surface area contributed by atoms with Crippen molar-refractivity contribution >= 4 is 50.6 Å². The Kier molecular flexibility index (Phi) is 5.39. The van der Waals surface area contributed by atoms with Crippen LogP contribution in [0.3, 0.4) is 0 Å². The molecule has 156 valence electrons. The van der Waals surface area contributed by atoms with Crippen LogP contribution in [0.5, 0.6) is 0 Å². The summed E-state index contributed by atoms with van der Waals surface area (Å²) in [5.74, 6) is 1.44. The van der Waals surface area contributed by atoms with E-state index in [0.29, 0.717) is 6.42 Å². The lowest BCUT2D eigenvalue weighted by Crippen LogP contribution is -2.47. The maximum Gasteiger partial charge on any atom is 0.224 e. The van der Waals surface area contributed by atoms with E-state index >= 15 is 0 Å². The number of nitrogens with zero attached hydrogens (tertiary/aromatic N) is 3. The number of aromatic nitrogens is 1. The van der Waals surface area contributed by atoms with Gasteiger partial charge in [0.15, 0.2) is 0 Å². The lowest BCUT2D eigenvalue weighted by Gasteiger charge is -2.35. The van der Waals surface area contributed by atoms with Crippen LogP contribution in [-0.2, 0) is 11.2 Å². The predicted octanol–water partition coefficient (Wildman–Crippen LogP) is 4.76. The minimum atomic E-state index is 0.0737. The third kappa shape index (κ3) is 3.80. The normalized spacial score (nSPS) is 19.7. The molecule has 2 aliphatic heterocycles. The summed E-state index contributed by atoms with van der Waals surface area (Å²) < 4.78 is 5.96. The van der Waals surface area contributed by atoms with Crippen molar-refractivity contribution < 1.29 is 4.79 Å². The molecule has 0 radical (unpaired) electrons. The van der Waals surface area contributed by atoms with E-state index in [-0.39, 0.29) is 11.8 Å². The van der Waals surface area contributed by atoms with E-state index in [2.05, 4.69) is 52.4 Å². The Morgan fingerprint density at radius 3 is 2.83 bits per heavy atom. The van der Waals surface area contributed by atoms with E-state index in [9.17, 15) is 4.79 Å². The summed E-state index contributed by atoms with van der Waals surface area (Å²) in [6, 6.07) is 12.6. The number of rotatable bonds is 4. The summed E-state index contributed by atoms with van der Waals surface area (Å²) in [6.45, 7) is 7.15. The predicted molar refractivity (Wildman–Crippen MR) is 125 cm³/mol. The van der Waals surface area contributed by atoms with E-state index < -0.39 is 0 Å². The molecular formula is C23H25ClN4OS. The molecule has 2 aliphatic rings. The topological polar surface area (TPSA) is 48.5 Å². The number of anilines is 2. The highest BCUT2D eigenvalue weighted by atomic mass is 35.5. The first kappa shape index (κ1) is 19.8. The second-order valence-electron chi connectivity index (χ2n) is 8.27. The number of halogens is 1. The highest BCUT2D eigenvalue weighted by Crippen LogP contribution is 2.36. The van der Waals surface area contributed by atoms with Crippen molar-refractivity contribution in [3.05, 3.63) is 52.5 Å². The molecule has 0 spiro atoms. The zero-order chi connectivity index (χ0) is 20.7. The van der Waals surface area contributed by atoms with Crippen molar-refractivity contribution in [3.63, 3.8) is 0 Å². The van der Waals surface area contributed by atoms with Crippen LogP contribution >= 0.6 is 23.1 Å². The van der Waals surface area contributed by atoms with Gasteiger partial charge in [-0.2, -0.15) is 4.37 Å². The summed E-state index contributed by atoms with van der Waals surface area (Å²) >= 11 is 8.12. The maximum absolute atomic E-state index is 11.8. The van der Waals surface area contributed by atoms with Crippen molar-refractivity contribution in [2.24, 2.45) is 0 Å². The van der Waals surface area contributed by atoms with Gasteiger partial charge in [-0.3, -0.25) is 9.69 Å². The van der Waals surface area contributed by atoms with Crippen molar-refractivity contribution in [1.82, 2.24) is 9.27 Å². The summed E-state index contributed by atoms with van der Waals surface area (Å²) in [5.41, 5.74) is 3.25. The first-order valence-corrected chi connectivity index (χ1v) is 11.7. The molecule has 1 N–H and O–H groups in total. The lowest BCUT2D eigenvalue weighted by molar-refractivity contribution is -0.116. The summed E-state index contributed by atoms with van der Waals surface area (Å²) in [4.78, 5) is 16.7. The fourth-order valence-corrected chi connectivity index (χ4v) is 5.55. The van der Waals surface area contributed by atoms with Gasteiger partial charge >= 0.3 is 0 Å². The number of fused-ring (bicyclic) bond motifs is 2. The average molecular weight is 441 g/mol. The van der Waals surface area contributed by atoms with Gasteiger partial charge in [-0.25, -0.2) is 0 Å². The van der Waals surface area contributed by atoms with Gasteiger partial charge in [-0.15, -0.1) is 0 Å². The molecular weight excluding hydrogens is 416 g/mol. The van der Waals surface area contributed by atoms with Gasteiger partial charge in [0, 0.05) is 55.2 Å². The Morgan fingerprint density at radius 1 is 1.20 bits per heavy atom. The molecule has 1 amide bonds. The average Bonchev–Trinajstić information content (AvgIpc) is 3.17. The molecule has 3 heterocycles. The van der Waals surface area contributed by atoms with Crippen molar-refractivity contribution in [1.29, 1.82) is 0 Å². The fraction of sp³-hybridized carbons (Fsp3) is 0.391. The molecule has 1 fully saturated rings. The second-order valence-corrected chi connectivity index (χ2v) is 9.48. The number of benzene rings is 2. The highest BCUT2D eigenvalue weighted by Gasteiger charge is 2.24. The fourth-order valence-electron chi connectivity index (χ4n) is 4.50. The van der Waals surface area contributed by atoms with Crippen molar-refractivity contribution in [3.8, 4) is 0 Å². The maximum atomic E-state index is 11.8. The van der Waals surface area contributed by atoms with Crippen LogP contribution in [0.25, 0.3) is 10.1 Å². The van der Waals surface area contributed by atoms with Gasteiger partial charge in [0.25, 0.3) is 0 Å². The first-order valence-electron chi connectivity index (χ1n) is 10.5. The molecule has 7 heteroatoms. The second kappa shape index (κ2) is 8.17. The summed E-state index contributed by atoms with van der Waals surface area (Å²) in [5, 5.41) is 4.96. The molecule has 0 bridgehead atoms. The van der Waals surface area contributed by atoms with Gasteiger partial charge in [0.2, 0.25) is 5.91 Å². The molecule has 2 aromatic carbocycles. The third-order valence-electron chi connectivity index (χ3n) is 6.24. The Hall–Kier alpha value is -2.15. The van der Waals surface area contributed by atoms with Crippen LogP contribution in [0, 0.1) is 0 Å². The molecule has 1 unspecified atom stereocenters. The minimum absolute atomic E-state index is 0.0737. The SMILES string of the molecule is CC1CC(=O)Nc2cc(Cl)c(CCN3CCN(c4nsc5ccccc45)CC3)cc21. The standard InChI is InChI=1S/C23H25ClN4OS/c1-15-12-22(29)25-20-14-19(24)16(13-18(15)20)6-7-27-8-10-28(11-9-27)23-17-4-2-3-5-21(17)30-26-23/h2-5,13-15H,6-12H2,1H3,(H,25,29). The zero-order valence-electron chi connectivity index (χ0n) is 17.0. The van der Waals surface area contributed by atoms with E-state index in [1.165, 1.54) is 21.2 Å². The Balaban J connectivity index is 1.21. The van der Waals surface area contributed by atoms with Crippen LogP contribution < -0.4 is 10.2 Å². The van der Waals surface area contributed by atoms with Gasteiger partial charge in [0.05, 0.1) is 4.70 Å². The quantitative estimate of drug-likeness (QED) is 0.635. The largest absolute Gasteiger partial charge is 0.353 e. The molecule has 3 aromatic rings. The number of nitrogens with one attached hydrogen (secondary N) is 1. The van der Waals surface area contributed by atoms with E-state index in [4.69, 9.17) is 16.0 Å². The highest BCUT2D eigenvalue weighted by molar-refractivity contribution is 7.13. The Labute approximate surface area is 185 Å². The van der Waals surface area contributed by atoms with E-state index in [1.807, 2.05) is 6.07 Å². The number of hydrogen-bond donors (Lipinski definition) is 1. The molecule has 1 aromatic heterocycles. The van der Waals surface area contributed by atoms with Crippen LogP contribution in [0.1, 0.15) is 30.4 Å². The molecule has 30 heavy (non-hydrogen) atoms. The molecule has 1 saturated heterocycles. The summed E-state index contributed by atoms with van der Waals surface area (Å²) in [7, 11) is 0. The van der Waals surface area contributed by atoms with E-state index in [1.54, 1.807) is 11.5 Å². The van der Waals surface area contributed by atoms with Crippen LogP contribution in [0.4, 0.5) is 11.5 Å². The minimum Gasteiger partial charge on any atom is -0.353 e. The molecule has 0 saturated carbocycles. The smallest absolute Gasteiger partial charge is 0.224 e. The zero-order valence-corrected chi connectivity index (χ0v) is 18.6. The van der Waals surface area contributed by atoms with Crippen LogP contribution in [-0.4, -0.2) is 47.9 Å². The first-order chi connectivity index (χ1) is 14.6. The molecule has 5 nitrogen and oxygen atoms in total. The van der Waals surface area contributed by atoms with Crippen molar-refractivity contribution in [2.75, 3.05) is 42.9 Å². The van der Waals surface area contributed by atoms with Gasteiger partial charge in [-0.1, -0.05) is 36.7 Å². The number of carbonyl (C=O) groups is 1. The lowest BCUT2D eigenvalue weighted by atomic mass is 9.90.